The predicted octanol–water partition coefficient (Wildman–Crippen LogP) is 4.76. The summed E-state index contributed by atoms with van der Waals surface area (Å²) in [6, 6.07) is 30.2. The number of likely N-dealkylation sites (tertiary alicyclic amines) is 1. The van der Waals surface area contributed by atoms with Gasteiger partial charge >= 0.3 is 41.5 Å². The molecule has 0 bridgehead atoms. The van der Waals surface area contributed by atoms with Crippen molar-refractivity contribution in [1.82, 2.24) is 30.6 Å². The first-order valence-electron chi connectivity index (χ1n) is 20.6. The summed E-state index contributed by atoms with van der Waals surface area (Å²) in [5, 5.41) is 20.0. The van der Waals surface area contributed by atoms with Gasteiger partial charge < -0.3 is 18.0 Å². The smallest absolute Gasteiger partial charge is 0.793 e. The fraction of sp³-hybridized carbons (Fsp3) is 0.306. The third-order valence-electron chi connectivity index (χ3n) is 11.0. The normalized spacial score (nSPS) is 16.4. The number of carbonyl (C=O) groups is 4. The van der Waals surface area contributed by atoms with Crippen molar-refractivity contribution in [2.75, 3.05) is 32.7 Å². The van der Waals surface area contributed by atoms with E-state index < -0.39 is 17.9 Å². The number of aromatic amines is 2. The van der Waals surface area contributed by atoms with E-state index in [4.69, 9.17) is 0 Å². The molecule has 2 atom stereocenters. The molecular formula is C49H55BN6NaO7. The van der Waals surface area contributed by atoms with E-state index in [0.717, 1.165) is 81.3 Å². The third kappa shape index (κ3) is 14.4. The number of nitrogens with zero attached hydrogens (tertiary/aromatic N) is 3. The number of H-pyrrole nitrogens is 2. The Kier molecular flexibility index (Phi) is 20.4. The average Bonchev–Trinajstić information content (AvgIpc) is 4.15. The van der Waals surface area contributed by atoms with Crippen molar-refractivity contribution in [3.63, 3.8) is 0 Å². The second-order valence-electron chi connectivity index (χ2n) is 15.3. The van der Waals surface area contributed by atoms with Gasteiger partial charge in [0, 0.05) is 56.8 Å². The molecule has 4 heterocycles. The van der Waals surface area contributed by atoms with Crippen molar-refractivity contribution in [3.05, 3.63) is 143 Å². The van der Waals surface area contributed by atoms with Gasteiger partial charge in [-0.05, 0) is 102 Å². The number of aldehydes is 1. The summed E-state index contributed by atoms with van der Waals surface area (Å²) in [6.45, 7) is 9.20. The maximum absolute atomic E-state index is 10.5. The number of benzene rings is 4. The van der Waals surface area contributed by atoms with Crippen LogP contribution in [-0.2, 0) is 46.4 Å². The van der Waals surface area contributed by atoms with Crippen LogP contribution < -0.4 is 34.9 Å². The topological polar surface area (TPSA) is 169 Å². The Balaban J connectivity index is 0.000000193. The SMILES string of the molecule is C.C1=C(CN2CCC(c3ccc4cn[nH]c4c3)C2)c2ccccc2C1.CC(=O)OOC(C)=O.O=CC1=CCc2ccccc21.[B-]OC(C)=O.[Na+].c1cc2cn[nH]c2cc1C1CCNC1. The molecule has 327 valence electrons. The average molecular weight is 874 g/mol. The van der Waals surface area contributed by atoms with Crippen LogP contribution >= 0.6 is 0 Å². The molecule has 6 aromatic rings. The van der Waals surface area contributed by atoms with Crippen LogP contribution in [-0.4, -0.2) is 90.3 Å². The Morgan fingerprint density at radius 3 is 1.84 bits per heavy atom. The fourth-order valence-electron chi connectivity index (χ4n) is 7.89. The van der Waals surface area contributed by atoms with Crippen LogP contribution in [0.25, 0.3) is 33.0 Å². The number of aromatic nitrogens is 4. The Bertz CT molecular complexity index is 2530. The summed E-state index contributed by atoms with van der Waals surface area (Å²) in [6.07, 6.45) is 13.6. The number of carbonyl (C=O) groups excluding carboxylic acids is 4. The molecule has 4 aromatic carbocycles. The second kappa shape index (κ2) is 25.6. The molecule has 3 radical (unpaired) electrons. The van der Waals surface area contributed by atoms with Gasteiger partial charge in [-0.25, -0.2) is 19.4 Å². The van der Waals surface area contributed by atoms with Gasteiger partial charge in [0.1, 0.15) is 6.29 Å². The number of allylic oxidation sites excluding steroid dienone is 3. The Hall–Kier alpha value is -5.64. The monoisotopic (exact) mass is 873 g/mol. The summed E-state index contributed by atoms with van der Waals surface area (Å²) in [7, 11) is 4.32. The van der Waals surface area contributed by atoms with Crippen molar-refractivity contribution < 1.29 is 63.2 Å². The predicted molar refractivity (Wildman–Crippen MR) is 246 cm³/mol. The van der Waals surface area contributed by atoms with Crippen molar-refractivity contribution in [3.8, 4) is 0 Å². The molecule has 2 fully saturated rings. The van der Waals surface area contributed by atoms with Crippen LogP contribution in [0.4, 0.5) is 0 Å². The molecule has 4 aliphatic rings. The summed E-state index contributed by atoms with van der Waals surface area (Å²) < 4.78 is 3.61. The van der Waals surface area contributed by atoms with Crippen LogP contribution in [0, 0.1) is 0 Å². The molecule has 0 saturated carbocycles. The minimum absolute atomic E-state index is 0. The number of hydrogen-bond donors (Lipinski definition) is 3. The minimum atomic E-state index is -0.639. The molecule has 64 heavy (non-hydrogen) atoms. The largest absolute Gasteiger partial charge is 1.00 e. The van der Waals surface area contributed by atoms with E-state index in [1.54, 1.807) is 0 Å². The van der Waals surface area contributed by atoms with Crippen LogP contribution in [0.3, 0.4) is 0 Å². The molecule has 2 aromatic heterocycles. The molecule has 2 saturated heterocycles. The van der Waals surface area contributed by atoms with Gasteiger partial charge in [-0.1, -0.05) is 92.4 Å². The first-order chi connectivity index (χ1) is 30.1. The van der Waals surface area contributed by atoms with Crippen molar-refractivity contribution in [2.45, 2.75) is 65.7 Å². The Morgan fingerprint density at radius 1 is 0.750 bits per heavy atom. The van der Waals surface area contributed by atoms with Gasteiger partial charge in [0.05, 0.1) is 23.4 Å². The Labute approximate surface area is 398 Å². The summed E-state index contributed by atoms with van der Waals surface area (Å²) in [4.78, 5) is 49.9. The van der Waals surface area contributed by atoms with Crippen molar-refractivity contribution >= 4 is 65.2 Å². The molecule has 0 spiro atoms. The zero-order chi connectivity index (χ0) is 43.8. The van der Waals surface area contributed by atoms with Gasteiger partial charge in [0.25, 0.3) is 0 Å². The summed E-state index contributed by atoms with van der Waals surface area (Å²) in [5.74, 6) is -0.428. The molecule has 3 N–H and O–H groups in total. The summed E-state index contributed by atoms with van der Waals surface area (Å²) >= 11 is 0. The standard InChI is InChI=1S/C21H21N3.C11H13N3.C10H8O.C4H6O4.C2H3BO2.CH4.Na/c1-2-4-20-15(3-1)5-8-19(20)14-24-10-9-18(13-24)16-6-7-17-12-22-23-21(17)11-16;1-2-10-7-13-14-11(10)5-8(1)9-3-4-12-6-9;11-7-9-6-5-8-3-1-2-4-10(8)9;1-3(5)7-8-4(2)6;1-2(4)5-3;;/h1-4,6-8,11-12,18H,5,9-10,13-14H2,(H,22,23);1-2,5,7,9,12H,3-4,6H2,(H,13,14);1-4,6-7H,5H2;1-2H3;1H3;1H4;/q;;;;-1;;+1. The van der Waals surface area contributed by atoms with Gasteiger partial charge in [-0.15, -0.1) is 0 Å². The molecule has 2 aliphatic heterocycles. The van der Waals surface area contributed by atoms with E-state index in [1.807, 2.05) is 36.7 Å². The quantitative estimate of drug-likeness (QED) is 0.0946. The van der Waals surface area contributed by atoms with E-state index >= 15 is 0 Å². The van der Waals surface area contributed by atoms with Crippen LogP contribution in [0.1, 0.15) is 86.3 Å². The number of fused-ring (bicyclic) bond motifs is 4. The molecule has 10 rings (SSSR count). The van der Waals surface area contributed by atoms with E-state index in [9.17, 15) is 19.2 Å². The number of hydrogen-bond acceptors (Lipinski definition) is 11. The van der Waals surface area contributed by atoms with E-state index in [0.29, 0.717) is 11.8 Å². The first-order valence-corrected chi connectivity index (χ1v) is 20.6. The maximum atomic E-state index is 10.5. The molecular weight excluding hydrogens is 818 g/mol. The van der Waals surface area contributed by atoms with Gasteiger partial charge in [0.15, 0.2) is 0 Å². The zero-order valence-corrected chi connectivity index (χ0v) is 38.3. The van der Waals surface area contributed by atoms with Gasteiger partial charge in [-0.2, -0.15) is 10.2 Å². The number of rotatable bonds is 5. The number of nitrogens with one attached hydrogen (secondary N) is 3. The van der Waals surface area contributed by atoms with Crippen molar-refractivity contribution in [2.24, 2.45) is 0 Å². The molecule has 2 unspecified atom stereocenters. The van der Waals surface area contributed by atoms with Crippen molar-refractivity contribution in [1.29, 1.82) is 0 Å². The summed E-state index contributed by atoms with van der Waals surface area (Å²) in [5.41, 5.74) is 12.8. The van der Waals surface area contributed by atoms with Crippen LogP contribution in [0.5, 0.6) is 0 Å². The van der Waals surface area contributed by atoms with Crippen LogP contribution in [0.2, 0.25) is 0 Å². The second-order valence-corrected chi connectivity index (χ2v) is 15.3. The molecule has 13 nitrogen and oxygen atoms in total. The zero-order valence-electron chi connectivity index (χ0n) is 36.3. The minimum Gasteiger partial charge on any atom is -0.793 e. The van der Waals surface area contributed by atoms with Gasteiger partial charge in [-0.3, -0.25) is 24.7 Å². The molecule has 0 amide bonds. The van der Waals surface area contributed by atoms with Gasteiger partial charge in [0.2, 0.25) is 5.97 Å². The molecule has 2 aliphatic carbocycles. The van der Waals surface area contributed by atoms with E-state index in [-0.39, 0.29) is 37.0 Å². The maximum Gasteiger partial charge on any atom is 1.00 e. The Morgan fingerprint density at radius 2 is 1.30 bits per heavy atom. The first kappa shape index (κ1) is 51.0. The molecule has 15 heteroatoms. The van der Waals surface area contributed by atoms with E-state index in [1.165, 1.54) is 70.5 Å². The fourth-order valence-corrected chi connectivity index (χ4v) is 7.89. The third-order valence-corrected chi connectivity index (χ3v) is 11.0. The van der Waals surface area contributed by atoms with Crippen LogP contribution in [0.15, 0.2) is 109 Å². The van der Waals surface area contributed by atoms with E-state index in [2.05, 4.69) is 126 Å².